The van der Waals surface area contributed by atoms with Crippen molar-refractivity contribution in [1.29, 1.82) is 0 Å². The van der Waals surface area contributed by atoms with Crippen LogP contribution in [0.5, 0.6) is 5.75 Å². The van der Waals surface area contributed by atoms with Gasteiger partial charge in [-0.15, -0.1) is 0 Å². The van der Waals surface area contributed by atoms with Crippen LogP contribution in [0, 0.1) is 6.92 Å². The number of nitrogens with zero attached hydrogens (tertiary/aromatic N) is 2. The van der Waals surface area contributed by atoms with E-state index in [0.29, 0.717) is 12.2 Å². The number of aryl methyl sites for hydroxylation is 1. The molecule has 0 aliphatic heterocycles. The molecule has 1 atom stereocenters. The normalized spacial score (nSPS) is 12.5. The first-order valence-corrected chi connectivity index (χ1v) is 10.2. The number of benzene rings is 2. The number of ketones is 1. The number of ether oxygens (including phenoxy) is 1. The number of hydrogen-bond acceptors (Lipinski definition) is 4. The van der Waals surface area contributed by atoms with E-state index >= 15 is 0 Å². The lowest BCUT2D eigenvalue weighted by Gasteiger charge is -2.24. The second kappa shape index (κ2) is 9.46. The molecule has 0 saturated heterocycles. The molecule has 0 bridgehead atoms. The summed E-state index contributed by atoms with van der Waals surface area (Å²) in [7, 11) is 3.74. The van der Waals surface area contributed by atoms with Crippen LogP contribution in [0.1, 0.15) is 47.2 Å². The van der Waals surface area contributed by atoms with Gasteiger partial charge in [0.2, 0.25) is 0 Å². The molecule has 1 N–H and O–H groups in total. The van der Waals surface area contributed by atoms with E-state index in [4.69, 9.17) is 4.74 Å². The fraction of sp³-hybridized carbons (Fsp3) is 0.333. The summed E-state index contributed by atoms with van der Waals surface area (Å²) in [5.41, 5.74) is 2.90. The molecular weight excluding hydrogens is 419 g/mol. The van der Waals surface area contributed by atoms with E-state index in [1.165, 1.54) is 12.1 Å². The Morgan fingerprint density at radius 3 is 2.47 bits per heavy atom. The van der Waals surface area contributed by atoms with Gasteiger partial charge in [-0.05, 0) is 31.5 Å². The second-order valence-corrected chi connectivity index (χ2v) is 7.97. The summed E-state index contributed by atoms with van der Waals surface area (Å²) in [6, 6.07) is 10.7. The van der Waals surface area contributed by atoms with Crippen LogP contribution >= 0.6 is 0 Å². The summed E-state index contributed by atoms with van der Waals surface area (Å²) in [4.78, 5) is 13.9. The molecule has 170 valence electrons. The van der Waals surface area contributed by atoms with Gasteiger partial charge >= 0.3 is 6.18 Å². The standard InChI is InChI=1S/C24H26F3N3O2/c1-15(31)11-20(21-13-28-29-16(21)2)19-10-9-18(12-23(19)30(3)4)32-14-17-7-5-6-8-22(17)24(25,26)27/h5-10,12-13,20H,11,14H2,1-4H3,(H,28,29). The molecule has 2 aromatic carbocycles. The van der Waals surface area contributed by atoms with Crippen molar-refractivity contribution in [1.82, 2.24) is 10.2 Å². The zero-order valence-electron chi connectivity index (χ0n) is 18.5. The van der Waals surface area contributed by atoms with Crippen molar-refractivity contribution >= 4 is 11.5 Å². The lowest BCUT2D eigenvalue weighted by molar-refractivity contribution is -0.138. The molecule has 3 aromatic rings. The number of carbonyl (C=O) groups is 1. The third-order valence-electron chi connectivity index (χ3n) is 5.31. The van der Waals surface area contributed by atoms with Crippen molar-refractivity contribution in [2.45, 2.75) is 39.0 Å². The Morgan fingerprint density at radius 2 is 1.88 bits per heavy atom. The van der Waals surface area contributed by atoms with Crippen LogP contribution in [0.15, 0.2) is 48.7 Å². The average Bonchev–Trinajstić information content (AvgIpc) is 3.15. The number of anilines is 1. The van der Waals surface area contributed by atoms with Crippen LogP contribution < -0.4 is 9.64 Å². The highest BCUT2D eigenvalue weighted by atomic mass is 19.4. The average molecular weight is 445 g/mol. The largest absolute Gasteiger partial charge is 0.489 e. The molecule has 0 aliphatic rings. The Bertz CT molecular complexity index is 1090. The lowest BCUT2D eigenvalue weighted by Crippen LogP contribution is -2.16. The van der Waals surface area contributed by atoms with Crippen molar-refractivity contribution in [3.63, 3.8) is 0 Å². The number of carbonyl (C=O) groups excluding carboxylic acids is 1. The third-order valence-corrected chi connectivity index (χ3v) is 5.31. The van der Waals surface area contributed by atoms with E-state index < -0.39 is 11.7 Å². The maximum atomic E-state index is 13.3. The number of nitrogens with one attached hydrogen (secondary N) is 1. The number of rotatable bonds is 8. The summed E-state index contributed by atoms with van der Waals surface area (Å²) >= 11 is 0. The molecule has 8 heteroatoms. The summed E-state index contributed by atoms with van der Waals surface area (Å²) in [6.07, 6.45) is -2.41. The predicted molar refractivity (Wildman–Crippen MR) is 117 cm³/mol. The van der Waals surface area contributed by atoms with Crippen LogP contribution in [0.2, 0.25) is 0 Å². The Hall–Kier alpha value is -3.29. The van der Waals surface area contributed by atoms with E-state index in [1.54, 1.807) is 31.3 Å². The molecule has 0 aliphatic carbocycles. The summed E-state index contributed by atoms with van der Waals surface area (Å²) in [6.45, 7) is 3.24. The predicted octanol–water partition coefficient (Wildman–Crippen LogP) is 5.49. The van der Waals surface area contributed by atoms with Crippen LogP contribution in [0.4, 0.5) is 18.9 Å². The highest BCUT2D eigenvalue weighted by molar-refractivity contribution is 5.78. The number of alkyl halides is 3. The number of hydrogen-bond donors (Lipinski definition) is 1. The first-order chi connectivity index (χ1) is 15.1. The van der Waals surface area contributed by atoms with Crippen LogP contribution in [-0.4, -0.2) is 30.1 Å². The second-order valence-electron chi connectivity index (χ2n) is 7.97. The molecule has 32 heavy (non-hydrogen) atoms. The van der Waals surface area contributed by atoms with Gasteiger partial charge in [-0.25, -0.2) is 0 Å². The number of aromatic nitrogens is 2. The highest BCUT2D eigenvalue weighted by Gasteiger charge is 2.33. The van der Waals surface area contributed by atoms with Gasteiger partial charge in [-0.3, -0.25) is 9.89 Å². The quantitative estimate of drug-likeness (QED) is 0.498. The van der Waals surface area contributed by atoms with Gasteiger partial charge in [0.15, 0.2) is 0 Å². The first kappa shape index (κ1) is 23.4. The minimum Gasteiger partial charge on any atom is -0.489 e. The smallest absolute Gasteiger partial charge is 0.416 e. The minimum absolute atomic E-state index is 0.0457. The lowest BCUT2D eigenvalue weighted by atomic mass is 9.86. The Kier molecular flexibility index (Phi) is 6.91. The van der Waals surface area contributed by atoms with Gasteiger partial charge < -0.3 is 9.64 Å². The molecule has 1 unspecified atom stereocenters. The molecule has 0 fully saturated rings. The molecule has 0 radical (unpaired) electrons. The van der Waals surface area contributed by atoms with Crippen LogP contribution in [0.25, 0.3) is 0 Å². The fourth-order valence-electron chi connectivity index (χ4n) is 3.77. The van der Waals surface area contributed by atoms with Gasteiger partial charge in [0.1, 0.15) is 18.1 Å². The van der Waals surface area contributed by atoms with Gasteiger partial charge in [0.25, 0.3) is 0 Å². The topological polar surface area (TPSA) is 58.2 Å². The highest BCUT2D eigenvalue weighted by Crippen LogP contribution is 2.38. The number of H-pyrrole nitrogens is 1. The fourth-order valence-corrected chi connectivity index (χ4v) is 3.77. The zero-order chi connectivity index (χ0) is 23.5. The Balaban J connectivity index is 1.93. The van der Waals surface area contributed by atoms with Crippen molar-refractivity contribution in [3.8, 4) is 5.75 Å². The number of halogens is 3. The van der Waals surface area contributed by atoms with Crippen molar-refractivity contribution in [2.24, 2.45) is 0 Å². The van der Waals surface area contributed by atoms with Gasteiger partial charge in [-0.1, -0.05) is 24.3 Å². The summed E-state index contributed by atoms with van der Waals surface area (Å²) in [5, 5.41) is 7.01. The van der Waals surface area contributed by atoms with Crippen LogP contribution in [-0.2, 0) is 17.6 Å². The Morgan fingerprint density at radius 1 is 1.16 bits per heavy atom. The molecule has 0 saturated carbocycles. The van der Waals surface area contributed by atoms with Crippen molar-refractivity contribution in [3.05, 3.63) is 76.6 Å². The first-order valence-electron chi connectivity index (χ1n) is 10.2. The maximum Gasteiger partial charge on any atom is 0.416 e. The minimum atomic E-state index is -4.44. The van der Waals surface area contributed by atoms with Crippen LogP contribution in [0.3, 0.4) is 0 Å². The maximum absolute atomic E-state index is 13.3. The zero-order valence-corrected chi connectivity index (χ0v) is 18.5. The van der Waals surface area contributed by atoms with E-state index in [9.17, 15) is 18.0 Å². The molecule has 0 amide bonds. The van der Waals surface area contributed by atoms with E-state index in [0.717, 1.165) is 28.6 Å². The molecule has 5 nitrogen and oxygen atoms in total. The third kappa shape index (κ3) is 5.30. The van der Waals surface area contributed by atoms with E-state index in [1.807, 2.05) is 32.0 Å². The molecule has 1 heterocycles. The van der Waals surface area contributed by atoms with Gasteiger partial charge in [0, 0.05) is 55.0 Å². The van der Waals surface area contributed by atoms with E-state index in [-0.39, 0.29) is 23.9 Å². The molecule has 3 rings (SSSR count). The SMILES string of the molecule is CC(=O)CC(c1ccc(OCc2ccccc2C(F)(F)F)cc1N(C)C)c1cn[nH]c1C. The summed E-state index contributed by atoms with van der Waals surface area (Å²) < 4.78 is 45.5. The Labute approximate surface area is 185 Å². The van der Waals surface area contributed by atoms with Crippen molar-refractivity contribution in [2.75, 3.05) is 19.0 Å². The number of Topliss-reactive ketones (excluding diaryl/α,β-unsaturated/α-hetero) is 1. The van der Waals surface area contributed by atoms with Gasteiger partial charge in [0.05, 0.1) is 11.8 Å². The van der Waals surface area contributed by atoms with Gasteiger partial charge in [-0.2, -0.15) is 18.3 Å². The monoisotopic (exact) mass is 445 g/mol. The number of aromatic amines is 1. The van der Waals surface area contributed by atoms with Crippen molar-refractivity contribution < 1.29 is 22.7 Å². The van der Waals surface area contributed by atoms with E-state index in [2.05, 4.69) is 10.2 Å². The molecular formula is C24H26F3N3O2. The molecule has 0 spiro atoms. The molecule has 1 aromatic heterocycles. The summed E-state index contributed by atoms with van der Waals surface area (Å²) in [5.74, 6) is 0.285.